The van der Waals surface area contributed by atoms with Gasteiger partial charge in [0, 0.05) is 0 Å². The molecule has 0 radical (unpaired) electrons. The summed E-state index contributed by atoms with van der Waals surface area (Å²) < 4.78 is 17.4. The molecule has 2 nitrogen and oxygen atoms in total. The summed E-state index contributed by atoms with van der Waals surface area (Å²) in [5.74, 6) is 2.63. The van der Waals surface area contributed by atoms with Crippen molar-refractivity contribution >= 4 is 0 Å². The van der Waals surface area contributed by atoms with Gasteiger partial charge in [0.25, 0.3) is 0 Å². The molecule has 0 spiro atoms. The van der Waals surface area contributed by atoms with Gasteiger partial charge in [-0.25, -0.2) is 4.39 Å². The second kappa shape index (κ2) is 5.25. The minimum Gasteiger partial charge on any atom is -0.490 e. The third-order valence-corrected chi connectivity index (χ3v) is 1.65. The Morgan fingerprint density at radius 3 is 3.00 bits per heavy atom. The Bertz CT molecular complexity index is 330. The predicted molar refractivity (Wildman–Crippen MR) is 51.6 cm³/mol. The van der Waals surface area contributed by atoms with Crippen molar-refractivity contribution in [3.05, 3.63) is 29.8 Å². The Kier molecular flexibility index (Phi) is 3.96. The van der Waals surface area contributed by atoms with Crippen LogP contribution in [0.1, 0.15) is 5.56 Å². The number of aliphatic hydroxyl groups excluding tert-OH is 1. The highest BCUT2D eigenvalue weighted by Gasteiger charge is 2.00. The van der Waals surface area contributed by atoms with Crippen LogP contribution >= 0.6 is 0 Å². The lowest BCUT2D eigenvalue weighted by atomic mass is 10.2. The van der Waals surface area contributed by atoms with E-state index in [1.54, 1.807) is 24.3 Å². The molecule has 74 valence electrons. The topological polar surface area (TPSA) is 29.5 Å². The van der Waals surface area contributed by atoms with Gasteiger partial charge >= 0.3 is 0 Å². The van der Waals surface area contributed by atoms with Crippen LogP contribution in [-0.4, -0.2) is 17.8 Å². The third-order valence-electron chi connectivity index (χ3n) is 1.65. The van der Waals surface area contributed by atoms with Crippen LogP contribution in [0.2, 0.25) is 0 Å². The van der Waals surface area contributed by atoms with Gasteiger partial charge in [-0.3, -0.25) is 0 Å². The first-order chi connectivity index (χ1) is 6.76. The fourth-order valence-corrected chi connectivity index (χ4v) is 0.942. The smallest absolute Gasteiger partial charge is 0.148 e. The monoisotopic (exact) mass is 194 g/mol. The summed E-state index contributed by atoms with van der Waals surface area (Å²) in [7, 11) is 0. The highest BCUT2D eigenvalue weighted by Crippen LogP contribution is 2.14. The van der Waals surface area contributed by atoms with Crippen molar-refractivity contribution in [2.24, 2.45) is 0 Å². The van der Waals surface area contributed by atoms with Gasteiger partial charge in [0.05, 0.1) is 0 Å². The number of rotatable bonds is 4. The Morgan fingerprint density at radius 1 is 1.57 bits per heavy atom. The van der Waals surface area contributed by atoms with E-state index in [2.05, 4.69) is 5.92 Å². The highest BCUT2D eigenvalue weighted by atomic mass is 19.1. The molecule has 1 aromatic rings. The first-order valence-electron chi connectivity index (χ1n) is 4.18. The molecule has 0 heterocycles. The Hall–Kier alpha value is -1.53. The van der Waals surface area contributed by atoms with E-state index in [4.69, 9.17) is 16.3 Å². The van der Waals surface area contributed by atoms with Crippen molar-refractivity contribution < 1.29 is 14.2 Å². The van der Waals surface area contributed by atoms with Gasteiger partial charge in [-0.1, -0.05) is 18.1 Å². The molecule has 0 bridgehead atoms. The Balaban J connectivity index is 2.55. The number of aliphatic hydroxyl groups is 1. The average molecular weight is 194 g/mol. The molecule has 0 fully saturated rings. The fraction of sp³-hybridized carbons (Fsp3) is 0.273. The summed E-state index contributed by atoms with van der Waals surface area (Å²) in [4.78, 5) is 0. The van der Waals surface area contributed by atoms with E-state index in [9.17, 15) is 4.39 Å². The largest absolute Gasteiger partial charge is 0.490 e. The molecule has 0 amide bonds. The van der Waals surface area contributed by atoms with Crippen molar-refractivity contribution in [3.8, 4) is 18.1 Å². The van der Waals surface area contributed by atoms with Crippen molar-refractivity contribution in [1.29, 1.82) is 0 Å². The van der Waals surface area contributed by atoms with Crippen LogP contribution in [-0.2, 0) is 6.67 Å². The first-order valence-corrected chi connectivity index (χ1v) is 4.18. The summed E-state index contributed by atoms with van der Waals surface area (Å²) in [5.41, 5.74) is 0.540. The summed E-state index contributed by atoms with van der Waals surface area (Å²) in [6, 6.07) is 6.60. The molecule has 0 saturated carbocycles. The third kappa shape index (κ3) is 3.08. The SMILES string of the molecule is C#CC(O)COc1cccc(CF)c1. The molecule has 3 heteroatoms. The number of hydrogen-bond donors (Lipinski definition) is 1. The molecule has 0 aliphatic carbocycles. The summed E-state index contributed by atoms with van der Waals surface area (Å²) >= 11 is 0. The molecular formula is C11H11FO2. The van der Waals surface area contributed by atoms with Crippen LogP contribution in [0.3, 0.4) is 0 Å². The van der Waals surface area contributed by atoms with Crippen LogP contribution in [0.5, 0.6) is 5.75 Å². The Labute approximate surface area is 82.3 Å². The maximum Gasteiger partial charge on any atom is 0.148 e. The summed E-state index contributed by atoms with van der Waals surface area (Å²) in [6.45, 7) is -0.513. The van der Waals surface area contributed by atoms with E-state index in [0.29, 0.717) is 11.3 Å². The molecule has 0 aromatic heterocycles. The molecule has 1 atom stereocenters. The molecule has 1 rings (SSSR count). The van der Waals surface area contributed by atoms with Crippen LogP contribution in [0.25, 0.3) is 0 Å². The molecule has 0 aliphatic heterocycles. The van der Waals surface area contributed by atoms with Crippen molar-refractivity contribution in [2.75, 3.05) is 6.61 Å². The molecule has 14 heavy (non-hydrogen) atoms. The lowest BCUT2D eigenvalue weighted by Crippen LogP contribution is -2.14. The highest BCUT2D eigenvalue weighted by molar-refractivity contribution is 5.28. The van der Waals surface area contributed by atoms with Crippen molar-refractivity contribution in [3.63, 3.8) is 0 Å². The van der Waals surface area contributed by atoms with E-state index < -0.39 is 12.8 Å². The van der Waals surface area contributed by atoms with E-state index >= 15 is 0 Å². The maximum absolute atomic E-state index is 12.2. The second-order valence-electron chi connectivity index (χ2n) is 2.77. The van der Waals surface area contributed by atoms with Gasteiger partial charge in [-0.15, -0.1) is 6.42 Å². The predicted octanol–water partition coefficient (Wildman–Crippen LogP) is 1.53. The lowest BCUT2D eigenvalue weighted by Gasteiger charge is -2.07. The minimum atomic E-state index is -0.927. The van der Waals surface area contributed by atoms with Gasteiger partial charge in [0.1, 0.15) is 25.1 Å². The number of benzene rings is 1. The van der Waals surface area contributed by atoms with Crippen LogP contribution in [0.15, 0.2) is 24.3 Å². The number of hydrogen-bond acceptors (Lipinski definition) is 2. The zero-order chi connectivity index (χ0) is 10.4. The van der Waals surface area contributed by atoms with E-state index in [-0.39, 0.29) is 6.61 Å². The summed E-state index contributed by atoms with van der Waals surface area (Å²) in [5, 5.41) is 9.01. The molecule has 1 unspecified atom stereocenters. The zero-order valence-corrected chi connectivity index (χ0v) is 7.61. The van der Waals surface area contributed by atoms with Gasteiger partial charge in [-0.2, -0.15) is 0 Å². The van der Waals surface area contributed by atoms with Crippen LogP contribution < -0.4 is 4.74 Å². The molecule has 0 saturated heterocycles. The minimum absolute atomic E-state index is 0.0201. The quantitative estimate of drug-likeness (QED) is 0.736. The van der Waals surface area contributed by atoms with E-state index in [1.165, 1.54) is 0 Å². The average Bonchev–Trinajstić information content (AvgIpc) is 2.26. The van der Waals surface area contributed by atoms with Gasteiger partial charge < -0.3 is 9.84 Å². The molecule has 0 aliphatic rings. The fourth-order valence-electron chi connectivity index (χ4n) is 0.942. The van der Waals surface area contributed by atoms with Crippen molar-refractivity contribution in [1.82, 2.24) is 0 Å². The molecule has 1 aromatic carbocycles. The van der Waals surface area contributed by atoms with Gasteiger partial charge in [0.15, 0.2) is 0 Å². The van der Waals surface area contributed by atoms with Crippen LogP contribution in [0.4, 0.5) is 4.39 Å². The van der Waals surface area contributed by atoms with E-state index in [1.807, 2.05) is 0 Å². The summed E-state index contributed by atoms with van der Waals surface area (Å²) in [6.07, 6.45) is 4.03. The second-order valence-corrected chi connectivity index (χ2v) is 2.77. The number of halogens is 1. The standard InChI is InChI=1S/C11H11FO2/c1-2-10(13)8-14-11-5-3-4-9(6-11)7-12/h1,3-6,10,13H,7-8H2. The lowest BCUT2D eigenvalue weighted by molar-refractivity contribution is 0.151. The number of alkyl halides is 1. The van der Waals surface area contributed by atoms with Gasteiger partial charge in [0.2, 0.25) is 0 Å². The molecule has 1 N–H and O–H groups in total. The van der Waals surface area contributed by atoms with Crippen molar-refractivity contribution in [2.45, 2.75) is 12.8 Å². The molecular weight excluding hydrogens is 183 g/mol. The maximum atomic E-state index is 12.2. The number of terminal acetylenes is 1. The van der Waals surface area contributed by atoms with E-state index in [0.717, 1.165) is 0 Å². The zero-order valence-electron chi connectivity index (χ0n) is 7.61. The Morgan fingerprint density at radius 2 is 2.36 bits per heavy atom. The van der Waals surface area contributed by atoms with Gasteiger partial charge in [-0.05, 0) is 17.7 Å². The normalized spacial score (nSPS) is 11.8. The van der Waals surface area contributed by atoms with Crippen LogP contribution in [0, 0.1) is 12.3 Å². The first kappa shape index (κ1) is 10.6. The number of ether oxygens (including phenoxy) is 1.